The summed E-state index contributed by atoms with van der Waals surface area (Å²) < 4.78 is 14.5. The zero-order valence-corrected chi connectivity index (χ0v) is 12.2. The lowest BCUT2D eigenvalue weighted by atomic mass is 10.1. The van der Waals surface area contributed by atoms with Gasteiger partial charge in [-0.2, -0.15) is 0 Å². The van der Waals surface area contributed by atoms with Gasteiger partial charge in [0, 0.05) is 37.8 Å². The molecule has 1 N–H and O–H groups in total. The van der Waals surface area contributed by atoms with Crippen molar-refractivity contribution in [2.45, 2.75) is 13.0 Å². The molecule has 0 radical (unpaired) electrons. The monoisotopic (exact) mass is 322 g/mol. The fraction of sp³-hybridized carbons (Fsp3) is 0.500. The van der Waals surface area contributed by atoms with Crippen molar-refractivity contribution in [3.63, 3.8) is 0 Å². The Morgan fingerprint density at radius 3 is 2.65 bits per heavy atom. The lowest BCUT2D eigenvalue weighted by molar-refractivity contribution is 0.182. The van der Waals surface area contributed by atoms with Crippen molar-refractivity contribution < 1.29 is 4.39 Å². The van der Waals surface area contributed by atoms with E-state index in [0.29, 0.717) is 4.47 Å². The predicted molar refractivity (Wildman–Crippen MR) is 74.2 cm³/mol. The van der Waals surface area contributed by atoms with E-state index in [9.17, 15) is 4.39 Å². The van der Waals surface area contributed by atoms with Gasteiger partial charge in [0.25, 0.3) is 0 Å². The number of benzene rings is 1. The maximum Gasteiger partial charge on any atom is 0.142 e. The zero-order valence-electron chi connectivity index (χ0n) is 9.75. The van der Waals surface area contributed by atoms with Crippen LogP contribution < -0.4 is 5.32 Å². The summed E-state index contributed by atoms with van der Waals surface area (Å²) in [6, 6.07) is 5.64. The molecular weight excluding hydrogens is 307 g/mol. The normalized spacial score (nSPS) is 18.5. The second kappa shape index (κ2) is 6.69. The minimum Gasteiger partial charge on any atom is -0.314 e. The number of halogens is 3. The van der Waals surface area contributed by atoms with E-state index in [4.69, 9.17) is 0 Å². The lowest BCUT2D eigenvalue weighted by Crippen LogP contribution is -2.44. The van der Waals surface area contributed by atoms with Gasteiger partial charge in [-0.05, 0) is 28.9 Å². The van der Waals surface area contributed by atoms with Gasteiger partial charge in [0.15, 0.2) is 0 Å². The van der Waals surface area contributed by atoms with Crippen LogP contribution in [0.25, 0.3) is 0 Å². The number of piperazine rings is 1. The van der Waals surface area contributed by atoms with Crippen molar-refractivity contribution in [2.24, 2.45) is 0 Å². The Kier molecular flexibility index (Phi) is 5.86. The van der Waals surface area contributed by atoms with Crippen molar-refractivity contribution in [2.75, 3.05) is 26.2 Å². The molecule has 0 spiro atoms. The molecule has 1 atom stereocenters. The first-order chi connectivity index (χ1) is 7.70. The minimum absolute atomic E-state index is 0. The largest absolute Gasteiger partial charge is 0.314 e. The highest BCUT2D eigenvalue weighted by Crippen LogP contribution is 2.27. The van der Waals surface area contributed by atoms with E-state index in [1.165, 1.54) is 0 Å². The van der Waals surface area contributed by atoms with Crippen molar-refractivity contribution in [1.29, 1.82) is 0 Å². The van der Waals surface area contributed by atoms with Gasteiger partial charge < -0.3 is 5.32 Å². The van der Waals surface area contributed by atoms with E-state index in [2.05, 4.69) is 33.1 Å². The third-order valence-corrected chi connectivity index (χ3v) is 3.74. The van der Waals surface area contributed by atoms with Crippen LogP contribution in [0.4, 0.5) is 4.39 Å². The summed E-state index contributed by atoms with van der Waals surface area (Å²) in [6.07, 6.45) is 0. The highest BCUT2D eigenvalue weighted by atomic mass is 79.9. The van der Waals surface area contributed by atoms with E-state index < -0.39 is 0 Å². The first-order valence-corrected chi connectivity index (χ1v) is 6.38. The van der Waals surface area contributed by atoms with Gasteiger partial charge in [-0.1, -0.05) is 12.1 Å². The molecule has 0 aliphatic carbocycles. The van der Waals surface area contributed by atoms with Gasteiger partial charge in [-0.15, -0.1) is 12.4 Å². The fourth-order valence-electron chi connectivity index (χ4n) is 2.11. The van der Waals surface area contributed by atoms with Crippen LogP contribution in [0.1, 0.15) is 18.5 Å². The Bertz CT molecular complexity index is 370. The smallest absolute Gasteiger partial charge is 0.142 e. The van der Waals surface area contributed by atoms with Gasteiger partial charge in [-0.3, -0.25) is 4.90 Å². The van der Waals surface area contributed by atoms with Crippen LogP contribution in [-0.2, 0) is 0 Å². The standard InChI is InChI=1S/C12H16BrFN2.ClH/c1-9(16-7-5-15-6-8-16)10-3-2-4-11(13)12(10)14;/h2-4,9,15H,5-8H2,1H3;1H/t9-;/m0./s1. The average Bonchev–Trinajstić information content (AvgIpc) is 2.33. The summed E-state index contributed by atoms with van der Waals surface area (Å²) in [5, 5.41) is 3.30. The first-order valence-electron chi connectivity index (χ1n) is 5.59. The van der Waals surface area contributed by atoms with E-state index in [0.717, 1.165) is 31.7 Å². The van der Waals surface area contributed by atoms with E-state index >= 15 is 0 Å². The highest BCUT2D eigenvalue weighted by molar-refractivity contribution is 9.10. The van der Waals surface area contributed by atoms with E-state index in [-0.39, 0.29) is 24.3 Å². The Balaban J connectivity index is 0.00000144. The molecule has 1 aromatic rings. The number of hydrogen-bond acceptors (Lipinski definition) is 2. The molecule has 1 saturated heterocycles. The van der Waals surface area contributed by atoms with E-state index in [1.54, 1.807) is 6.07 Å². The maximum absolute atomic E-state index is 13.9. The Labute approximate surface area is 116 Å². The van der Waals surface area contributed by atoms with Crippen LogP contribution in [0.15, 0.2) is 22.7 Å². The molecule has 0 aromatic heterocycles. The Hall–Kier alpha value is -0.160. The summed E-state index contributed by atoms with van der Waals surface area (Å²) in [7, 11) is 0. The highest BCUT2D eigenvalue weighted by Gasteiger charge is 2.21. The van der Waals surface area contributed by atoms with Gasteiger partial charge in [-0.25, -0.2) is 4.39 Å². The molecule has 1 aromatic carbocycles. The SMILES string of the molecule is C[C@@H](c1cccc(Br)c1F)N1CCNCC1.Cl. The topological polar surface area (TPSA) is 15.3 Å². The number of hydrogen-bond donors (Lipinski definition) is 1. The second-order valence-corrected chi connectivity index (χ2v) is 4.96. The van der Waals surface area contributed by atoms with Crippen molar-refractivity contribution in [1.82, 2.24) is 10.2 Å². The van der Waals surface area contributed by atoms with Crippen LogP contribution in [0.3, 0.4) is 0 Å². The minimum atomic E-state index is -0.131. The van der Waals surface area contributed by atoms with Crippen LogP contribution in [0.5, 0.6) is 0 Å². The molecule has 0 amide bonds. The van der Waals surface area contributed by atoms with Crippen molar-refractivity contribution in [3.05, 3.63) is 34.1 Å². The molecule has 17 heavy (non-hydrogen) atoms. The molecule has 2 nitrogen and oxygen atoms in total. The van der Waals surface area contributed by atoms with Crippen LogP contribution in [0.2, 0.25) is 0 Å². The molecule has 0 saturated carbocycles. The molecule has 1 heterocycles. The van der Waals surface area contributed by atoms with Crippen molar-refractivity contribution >= 4 is 28.3 Å². The van der Waals surface area contributed by atoms with Crippen LogP contribution in [-0.4, -0.2) is 31.1 Å². The molecule has 2 rings (SSSR count). The molecule has 1 aliphatic heterocycles. The summed E-state index contributed by atoms with van der Waals surface area (Å²) in [5.74, 6) is -0.131. The fourth-order valence-corrected chi connectivity index (χ4v) is 2.49. The molecule has 5 heteroatoms. The summed E-state index contributed by atoms with van der Waals surface area (Å²) in [5.41, 5.74) is 0.774. The quantitative estimate of drug-likeness (QED) is 0.900. The molecular formula is C12H17BrClFN2. The summed E-state index contributed by atoms with van der Waals surface area (Å²) >= 11 is 3.23. The molecule has 0 unspecified atom stereocenters. The lowest BCUT2D eigenvalue weighted by Gasteiger charge is -2.33. The molecule has 0 bridgehead atoms. The zero-order chi connectivity index (χ0) is 11.5. The molecule has 96 valence electrons. The van der Waals surface area contributed by atoms with Crippen molar-refractivity contribution in [3.8, 4) is 0 Å². The van der Waals surface area contributed by atoms with E-state index in [1.807, 2.05) is 12.1 Å². The van der Waals surface area contributed by atoms with Gasteiger partial charge in [0.2, 0.25) is 0 Å². The Morgan fingerprint density at radius 2 is 2.00 bits per heavy atom. The second-order valence-electron chi connectivity index (χ2n) is 4.10. The predicted octanol–water partition coefficient (Wildman–Crippen LogP) is 2.98. The third-order valence-electron chi connectivity index (χ3n) is 3.13. The van der Waals surface area contributed by atoms with Crippen LogP contribution >= 0.6 is 28.3 Å². The van der Waals surface area contributed by atoms with Crippen LogP contribution in [0, 0.1) is 5.82 Å². The maximum atomic E-state index is 13.9. The van der Waals surface area contributed by atoms with Gasteiger partial charge in [0.05, 0.1) is 4.47 Å². The number of rotatable bonds is 2. The Morgan fingerprint density at radius 1 is 1.35 bits per heavy atom. The number of nitrogens with zero attached hydrogens (tertiary/aromatic N) is 1. The van der Waals surface area contributed by atoms with Gasteiger partial charge in [0.1, 0.15) is 5.82 Å². The molecule has 1 aliphatic rings. The third kappa shape index (κ3) is 3.41. The number of nitrogens with one attached hydrogen (secondary N) is 1. The summed E-state index contributed by atoms with van der Waals surface area (Å²) in [4.78, 5) is 2.31. The summed E-state index contributed by atoms with van der Waals surface area (Å²) in [6.45, 7) is 6.00. The first kappa shape index (κ1) is 14.9. The molecule has 1 fully saturated rings. The van der Waals surface area contributed by atoms with Gasteiger partial charge >= 0.3 is 0 Å². The average molecular weight is 324 g/mol.